The second-order valence-electron chi connectivity index (χ2n) is 7.42. The minimum absolute atomic E-state index is 0.232. The average Bonchev–Trinajstić information content (AvgIpc) is 2.98. The van der Waals surface area contributed by atoms with E-state index in [-0.39, 0.29) is 4.90 Å². The monoisotopic (exact) mass is 426 g/mol. The molecule has 0 bridgehead atoms. The summed E-state index contributed by atoms with van der Waals surface area (Å²) in [4.78, 5) is 2.59. The molecule has 0 amide bonds. The Hall–Kier alpha value is -2.64. The predicted octanol–water partition coefficient (Wildman–Crippen LogP) is 4.35. The van der Waals surface area contributed by atoms with Crippen molar-refractivity contribution >= 4 is 15.7 Å². The lowest BCUT2D eigenvalue weighted by atomic mass is 9.99. The van der Waals surface area contributed by atoms with Crippen LogP contribution >= 0.6 is 0 Å². The lowest BCUT2D eigenvalue weighted by molar-refractivity contribution is 0.296. The number of hydrogen-bond acceptors (Lipinski definition) is 4. The summed E-state index contributed by atoms with van der Waals surface area (Å²) < 4.78 is 30.2. The molecule has 30 heavy (non-hydrogen) atoms. The summed E-state index contributed by atoms with van der Waals surface area (Å²) >= 11 is 0. The fourth-order valence-corrected chi connectivity index (χ4v) is 4.73. The Morgan fingerprint density at radius 3 is 2.20 bits per heavy atom. The summed E-state index contributed by atoms with van der Waals surface area (Å²) in [5.41, 5.74) is 5.33. The minimum atomic E-state index is -3.69. The van der Waals surface area contributed by atoms with Crippen molar-refractivity contribution in [1.82, 2.24) is 14.7 Å². The SMILES string of the molecule is CCN(CC)Cc1ccccc1-c1ccc(S(=O)(=O)Nc2c(C)nn(C)c2C)cc1. The average molecular weight is 427 g/mol. The van der Waals surface area contributed by atoms with Gasteiger partial charge in [0.05, 0.1) is 22.0 Å². The molecule has 6 nitrogen and oxygen atoms in total. The van der Waals surface area contributed by atoms with Gasteiger partial charge in [-0.2, -0.15) is 5.10 Å². The van der Waals surface area contributed by atoms with Crippen LogP contribution in [0.2, 0.25) is 0 Å². The first-order valence-corrected chi connectivity index (χ1v) is 11.7. The van der Waals surface area contributed by atoms with Crippen molar-refractivity contribution in [3.05, 3.63) is 65.5 Å². The van der Waals surface area contributed by atoms with Crippen LogP contribution in [0.3, 0.4) is 0 Å². The molecule has 1 N–H and O–H groups in total. The number of aryl methyl sites for hydroxylation is 2. The standard InChI is InChI=1S/C23H30N4O2S/c1-6-27(7-2)16-20-10-8-9-11-22(20)19-12-14-21(15-13-19)30(28,29)25-23-17(3)24-26(5)18(23)4/h8-15,25H,6-7,16H2,1-5H3. The number of benzene rings is 2. The van der Waals surface area contributed by atoms with Crippen LogP contribution in [0.15, 0.2) is 53.4 Å². The Balaban J connectivity index is 1.88. The Labute approximate surface area is 179 Å². The van der Waals surface area contributed by atoms with Gasteiger partial charge in [-0.3, -0.25) is 14.3 Å². The third kappa shape index (κ3) is 4.57. The number of nitrogens with zero attached hydrogens (tertiary/aromatic N) is 3. The summed E-state index contributed by atoms with van der Waals surface area (Å²) in [5.74, 6) is 0. The Bertz CT molecular complexity index is 1110. The molecule has 0 saturated carbocycles. The van der Waals surface area contributed by atoms with Gasteiger partial charge < -0.3 is 0 Å². The highest BCUT2D eigenvalue weighted by molar-refractivity contribution is 7.92. The molecule has 3 aromatic rings. The second-order valence-corrected chi connectivity index (χ2v) is 9.10. The summed E-state index contributed by atoms with van der Waals surface area (Å²) in [6, 6.07) is 15.3. The van der Waals surface area contributed by atoms with E-state index in [1.807, 2.05) is 31.2 Å². The molecule has 0 fully saturated rings. The van der Waals surface area contributed by atoms with Gasteiger partial charge in [-0.25, -0.2) is 8.42 Å². The first kappa shape index (κ1) is 22.1. The van der Waals surface area contributed by atoms with Crippen LogP contribution in [0.4, 0.5) is 5.69 Å². The first-order valence-electron chi connectivity index (χ1n) is 10.2. The molecule has 2 aromatic carbocycles. The maximum Gasteiger partial charge on any atom is 0.262 e. The summed E-state index contributed by atoms with van der Waals surface area (Å²) in [6.45, 7) is 10.8. The number of nitrogens with one attached hydrogen (secondary N) is 1. The highest BCUT2D eigenvalue weighted by atomic mass is 32.2. The van der Waals surface area contributed by atoms with E-state index in [0.717, 1.165) is 36.5 Å². The molecule has 3 rings (SSSR count). The number of aromatic nitrogens is 2. The topological polar surface area (TPSA) is 67.2 Å². The Kier molecular flexibility index (Phi) is 6.63. The van der Waals surface area contributed by atoms with E-state index in [2.05, 4.69) is 40.7 Å². The zero-order chi connectivity index (χ0) is 21.9. The third-order valence-corrected chi connectivity index (χ3v) is 6.89. The van der Waals surface area contributed by atoms with Crippen molar-refractivity contribution in [2.45, 2.75) is 39.1 Å². The maximum absolute atomic E-state index is 12.9. The van der Waals surface area contributed by atoms with Crippen LogP contribution in [0, 0.1) is 13.8 Å². The number of anilines is 1. The molecule has 0 spiro atoms. The molecule has 0 aliphatic heterocycles. The van der Waals surface area contributed by atoms with Gasteiger partial charge in [0.2, 0.25) is 0 Å². The molecule has 7 heteroatoms. The Morgan fingerprint density at radius 2 is 1.63 bits per heavy atom. The first-order chi connectivity index (χ1) is 14.3. The number of rotatable bonds is 8. The van der Waals surface area contributed by atoms with Gasteiger partial charge in [0.25, 0.3) is 10.0 Å². The van der Waals surface area contributed by atoms with Crippen LogP contribution in [0.1, 0.15) is 30.8 Å². The lowest BCUT2D eigenvalue weighted by Gasteiger charge is -2.20. The van der Waals surface area contributed by atoms with Crippen LogP contribution in [-0.2, 0) is 23.6 Å². The molecule has 1 heterocycles. The van der Waals surface area contributed by atoms with Gasteiger partial charge in [-0.15, -0.1) is 0 Å². The van der Waals surface area contributed by atoms with Crippen molar-refractivity contribution in [3.63, 3.8) is 0 Å². The van der Waals surface area contributed by atoms with Gasteiger partial charge in [0.1, 0.15) is 0 Å². The van der Waals surface area contributed by atoms with Crippen molar-refractivity contribution in [2.24, 2.45) is 7.05 Å². The van der Waals surface area contributed by atoms with E-state index in [9.17, 15) is 8.42 Å². The van der Waals surface area contributed by atoms with Gasteiger partial charge in [0.15, 0.2) is 0 Å². The maximum atomic E-state index is 12.9. The highest BCUT2D eigenvalue weighted by Gasteiger charge is 2.19. The van der Waals surface area contributed by atoms with E-state index in [0.29, 0.717) is 11.4 Å². The fraction of sp³-hybridized carbons (Fsp3) is 0.348. The minimum Gasteiger partial charge on any atom is -0.300 e. The van der Waals surface area contributed by atoms with E-state index in [4.69, 9.17) is 0 Å². The van der Waals surface area contributed by atoms with Crippen LogP contribution in [-0.4, -0.2) is 36.2 Å². The lowest BCUT2D eigenvalue weighted by Crippen LogP contribution is -2.22. The smallest absolute Gasteiger partial charge is 0.262 e. The van der Waals surface area contributed by atoms with Crippen molar-refractivity contribution < 1.29 is 8.42 Å². The van der Waals surface area contributed by atoms with Crippen LogP contribution in [0.5, 0.6) is 0 Å². The van der Waals surface area contributed by atoms with Gasteiger partial charge in [-0.05, 0) is 55.8 Å². The normalized spacial score (nSPS) is 11.8. The van der Waals surface area contributed by atoms with Crippen molar-refractivity contribution in [3.8, 4) is 11.1 Å². The molecule has 0 aliphatic carbocycles. The molecule has 160 valence electrons. The van der Waals surface area contributed by atoms with Crippen LogP contribution < -0.4 is 4.72 Å². The third-order valence-electron chi connectivity index (χ3n) is 5.53. The van der Waals surface area contributed by atoms with Gasteiger partial charge in [-0.1, -0.05) is 50.2 Å². The summed E-state index contributed by atoms with van der Waals surface area (Å²) in [5, 5.41) is 4.28. The van der Waals surface area contributed by atoms with Gasteiger partial charge in [0, 0.05) is 13.6 Å². The quantitative estimate of drug-likeness (QED) is 0.582. The van der Waals surface area contributed by atoms with Crippen molar-refractivity contribution in [1.29, 1.82) is 0 Å². The molecular formula is C23H30N4O2S. The number of sulfonamides is 1. The molecular weight excluding hydrogens is 396 g/mol. The highest BCUT2D eigenvalue weighted by Crippen LogP contribution is 2.27. The fourth-order valence-electron chi connectivity index (χ4n) is 3.56. The summed E-state index contributed by atoms with van der Waals surface area (Å²) in [6.07, 6.45) is 0. The van der Waals surface area contributed by atoms with E-state index in [1.165, 1.54) is 5.56 Å². The largest absolute Gasteiger partial charge is 0.300 e. The van der Waals surface area contributed by atoms with Crippen molar-refractivity contribution in [2.75, 3.05) is 17.8 Å². The zero-order valence-corrected chi connectivity index (χ0v) is 19.1. The Morgan fingerprint density at radius 1 is 1.00 bits per heavy atom. The van der Waals surface area contributed by atoms with E-state index in [1.54, 1.807) is 30.8 Å². The van der Waals surface area contributed by atoms with Gasteiger partial charge >= 0.3 is 0 Å². The molecule has 0 saturated heterocycles. The summed E-state index contributed by atoms with van der Waals surface area (Å²) in [7, 11) is -1.90. The zero-order valence-electron chi connectivity index (χ0n) is 18.3. The van der Waals surface area contributed by atoms with E-state index >= 15 is 0 Å². The molecule has 0 atom stereocenters. The predicted molar refractivity (Wildman–Crippen MR) is 122 cm³/mol. The van der Waals surface area contributed by atoms with Crippen LogP contribution in [0.25, 0.3) is 11.1 Å². The molecule has 0 unspecified atom stereocenters. The molecule has 1 aromatic heterocycles. The van der Waals surface area contributed by atoms with E-state index < -0.39 is 10.0 Å². The second kappa shape index (κ2) is 9.02. The molecule has 0 aliphatic rings. The number of hydrogen-bond donors (Lipinski definition) is 1. The molecule has 0 radical (unpaired) electrons.